The minimum atomic E-state index is -0.424. The largest absolute Gasteiger partial charge is 1.00 e. The fourth-order valence-corrected chi connectivity index (χ4v) is 3.00. The van der Waals surface area contributed by atoms with Crippen LogP contribution in [0.2, 0.25) is 0 Å². The van der Waals surface area contributed by atoms with Gasteiger partial charge in [0.05, 0.1) is 27.3 Å². The van der Waals surface area contributed by atoms with Gasteiger partial charge in [0, 0.05) is 12.0 Å². The van der Waals surface area contributed by atoms with Crippen LogP contribution >= 0.6 is 0 Å². The maximum atomic E-state index is 10.4. The molecule has 0 aromatic heterocycles. The van der Waals surface area contributed by atoms with Crippen molar-refractivity contribution >= 4 is 0 Å². The van der Waals surface area contributed by atoms with Crippen LogP contribution in [0.25, 0.3) is 0 Å². The van der Waals surface area contributed by atoms with Crippen molar-refractivity contribution in [2.75, 3.05) is 27.3 Å². The highest BCUT2D eigenvalue weighted by atomic mass is 35.5. The minimum Gasteiger partial charge on any atom is -1.00 e. The zero-order valence-corrected chi connectivity index (χ0v) is 18.3. The summed E-state index contributed by atoms with van der Waals surface area (Å²) < 4.78 is 10.6. The Hall–Kier alpha value is -1.50. The number of nitrogens with two attached hydrogens (primary N) is 2. The lowest BCUT2D eigenvalue weighted by molar-refractivity contribution is -0.709. The topological polar surface area (TPSA) is 71.9 Å². The van der Waals surface area contributed by atoms with Gasteiger partial charge in [-0.3, -0.25) is 0 Å². The first-order valence-electron chi connectivity index (χ1n) is 9.24. The third kappa shape index (κ3) is 8.25. The second-order valence-corrected chi connectivity index (χ2v) is 6.56. The van der Waals surface area contributed by atoms with Crippen molar-refractivity contribution in [1.29, 1.82) is 0 Å². The van der Waals surface area contributed by atoms with Gasteiger partial charge >= 0.3 is 0 Å². The first-order valence-corrected chi connectivity index (χ1v) is 9.24. The lowest BCUT2D eigenvalue weighted by atomic mass is 10.0. The summed E-state index contributed by atoms with van der Waals surface area (Å²) in [5.74, 6) is 1.53. The van der Waals surface area contributed by atoms with Crippen molar-refractivity contribution in [2.45, 2.75) is 32.0 Å². The third-order valence-corrected chi connectivity index (χ3v) is 4.62. The molecular weight excluding hydrogens is 399 g/mol. The summed E-state index contributed by atoms with van der Waals surface area (Å²) >= 11 is 0. The fourth-order valence-electron chi connectivity index (χ4n) is 3.00. The van der Waals surface area contributed by atoms with E-state index in [1.54, 1.807) is 14.2 Å². The Morgan fingerprint density at radius 1 is 0.929 bits per heavy atom. The predicted molar refractivity (Wildman–Crippen MR) is 102 cm³/mol. The number of benzene rings is 2. The molecule has 0 aliphatic heterocycles. The third-order valence-electron chi connectivity index (χ3n) is 4.62. The second-order valence-electron chi connectivity index (χ2n) is 6.56. The van der Waals surface area contributed by atoms with Crippen molar-refractivity contribution in [3.8, 4) is 11.5 Å². The fraction of sp³-hybridized carbons (Fsp3) is 0.429. The lowest BCUT2D eigenvalue weighted by Crippen LogP contribution is -3.00. The molecule has 5 nitrogen and oxygen atoms in total. The zero-order chi connectivity index (χ0) is 18.8. The molecule has 0 spiro atoms. The molecule has 0 bridgehead atoms. The van der Waals surface area contributed by atoms with Crippen LogP contribution in [0.15, 0.2) is 48.5 Å². The molecule has 28 heavy (non-hydrogen) atoms. The normalized spacial score (nSPS) is 12.3. The summed E-state index contributed by atoms with van der Waals surface area (Å²) in [4.78, 5) is 0. The SMILES string of the molecule is COc1ccc(C[NH2+]CCC[NH2+]C(C)C(O)c2ccccc2)cc1OC.[Cl-].[Cl-]. The molecule has 0 aliphatic carbocycles. The smallest absolute Gasteiger partial charge is 0.161 e. The highest BCUT2D eigenvalue weighted by Gasteiger charge is 2.18. The molecule has 2 unspecified atom stereocenters. The van der Waals surface area contributed by atoms with Gasteiger partial charge in [-0.05, 0) is 30.7 Å². The van der Waals surface area contributed by atoms with E-state index in [0.717, 1.165) is 43.1 Å². The molecule has 0 heterocycles. The van der Waals surface area contributed by atoms with Crippen LogP contribution < -0.4 is 44.9 Å². The first-order chi connectivity index (χ1) is 12.7. The number of quaternary nitrogens is 2. The molecule has 0 amide bonds. The van der Waals surface area contributed by atoms with E-state index in [1.807, 2.05) is 42.5 Å². The van der Waals surface area contributed by atoms with E-state index >= 15 is 0 Å². The Bertz CT molecular complexity index is 659. The Morgan fingerprint density at radius 3 is 2.25 bits per heavy atom. The summed E-state index contributed by atoms with van der Waals surface area (Å²) in [6.07, 6.45) is 0.672. The molecule has 0 fully saturated rings. The van der Waals surface area contributed by atoms with Gasteiger partial charge in [0.2, 0.25) is 0 Å². The van der Waals surface area contributed by atoms with Gasteiger partial charge in [0.1, 0.15) is 18.7 Å². The molecule has 0 radical (unpaired) electrons. The molecule has 2 atom stereocenters. The van der Waals surface area contributed by atoms with Gasteiger partial charge in [-0.1, -0.05) is 30.3 Å². The van der Waals surface area contributed by atoms with Gasteiger partial charge < -0.3 is 50.0 Å². The van der Waals surface area contributed by atoms with Crippen LogP contribution in [0.4, 0.5) is 0 Å². The van der Waals surface area contributed by atoms with Gasteiger partial charge in [-0.2, -0.15) is 0 Å². The average Bonchev–Trinajstić information content (AvgIpc) is 2.70. The minimum absolute atomic E-state index is 0. The standard InChI is InChI=1S/C21H30N2O3.2ClH/c1-16(21(24)18-8-5-4-6-9-18)23-13-7-12-22-15-17-10-11-19(25-2)20(14-17)26-3;;/h4-6,8-11,14,16,21-24H,7,12-13,15H2,1-3H3;2*1H. The quantitative estimate of drug-likeness (QED) is 0.312. The number of halogens is 2. The van der Waals surface area contributed by atoms with Crippen molar-refractivity contribution in [2.24, 2.45) is 0 Å². The van der Waals surface area contributed by atoms with E-state index in [9.17, 15) is 5.11 Å². The lowest BCUT2D eigenvalue weighted by Gasteiger charge is -2.17. The predicted octanol–water partition coefficient (Wildman–Crippen LogP) is -5.15. The summed E-state index contributed by atoms with van der Waals surface area (Å²) in [5.41, 5.74) is 2.20. The maximum absolute atomic E-state index is 10.4. The first kappa shape index (κ1) is 26.5. The van der Waals surface area contributed by atoms with E-state index in [4.69, 9.17) is 9.47 Å². The van der Waals surface area contributed by atoms with E-state index < -0.39 is 6.10 Å². The Kier molecular flexibility index (Phi) is 13.7. The molecule has 0 aliphatic rings. The van der Waals surface area contributed by atoms with E-state index in [2.05, 4.69) is 23.6 Å². The van der Waals surface area contributed by atoms with Gasteiger partial charge in [-0.25, -0.2) is 0 Å². The molecule has 0 saturated carbocycles. The van der Waals surface area contributed by atoms with Crippen LogP contribution in [0.1, 0.15) is 30.6 Å². The molecule has 2 aromatic carbocycles. The molecule has 158 valence electrons. The van der Waals surface area contributed by atoms with Crippen LogP contribution in [-0.2, 0) is 6.54 Å². The molecule has 2 aromatic rings. The number of aliphatic hydroxyl groups is 1. The second kappa shape index (κ2) is 14.5. The molecular formula is C21H32Cl2N2O3. The Morgan fingerprint density at radius 2 is 1.61 bits per heavy atom. The number of hydrogen-bond donors (Lipinski definition) is 3. The van der Waals surface area contributed by atoms with E-state index in [1.165, 1.54) is 5.56 Å². The van der Waals surface area contributed by atoms with Crippen LogP contribution in [0.5, 0.6) is 11.5 Å². The van der Waals surface area contributed by atoms with Crippen LogP contribution in [0.3, 0.4) is 0 Å². The molecule has 5 N–H and O–H groups in total. The maximum Gasteiger partial charge on any atom is 0.161 e. The van der Waals surface area contributed by atoms with Gasteiger partial charge in [-0.15, -0.1) is 0 Å². The zero-order valence-electron chi connectivity index (χ0n) is 16.8. The van der Waals surface area contributed by atoms with Gasteiger partial charge in [0.25, 0.3) is 0 Å². The molecule has 7 heteroatoms. The van der Waals surface area contributed by atoms with Gasteiger partial charge in [0.15, 0.2) is 11.5 Å². The number of hydrogen-bond acceptors (Lipinski definition) is 3. The summed E-state index contributed by atoms with van der Waals surface area (Å²) in [7, 11) is 3.31. The molecule has 2 rings (SSSR count). The van der Waals surface area contributed by atoms with Crippen molar-refractivity contribution in [3.63, 3.8) is 0 Å². The highest BCUT2D eigenvalue weighted by molar-refractivity contribution is 5.42. The Balaban J connectivity index is 0.00000364. The van der Waals surface area contributed by atoms with Crippen LogP contribution in [-0.4, -0.2) is 38.5 Å². The van der Waals surface area contributed by atoms with E-state index in [0.29, 0.717) is 0 Å². The number of aliphatic hydroxyl groups excluding tert-OH is 1. The van der Waals surface area contributed by atoms with Crippen molar-refractivity contribution in [3.05, 3.63) is 59.7 Å². The summed E-state index contributed by atoms with van der Waals surface area (Å²) in [5, 5.41) is 14.9. The van der Waals surface area contributed by atoms with Crippen LogP contribution in [0, 0.1) is 0 Å². The summed E-state index contributed by atoms with van der Waals surface area (Å²) in [6, 6.07) is 16.1. The summed E-state index contributed by atoms with van der Waals surface area (Å²) in [6.45, 7) is 5.06. The molecule has 0 saturated heterocycles. The average molecular weight is 431 g/mol. The van der Waals surface area contributed by atoms with E-state index in [-0.39, 0.29) is 30.9 Å². The van der Waals surface area contributed by atoms with Crippen molar-refractivity contribution < 1.29 is 50.0 Å². The number of methoxy groups -OCH3 is 2. The Labute approximate surface area is 180 Å². The number of rotatable bonds is 11. The highest BCUT2D eigenvalue weighted by Crippen LogP contribution is 2.27. The van der Waals surface area contributed by atoms with Crippen molar-refractivity contribution in [1.82, 2.24) is 0 Å². The number of ether oxygens (including phenoxy) is 2. The monoisotopic (exact) mass is 430 g/mol.